The molecule has 126 valence electrons. The van der Waals surface area contributed by atoms with Gasteiger partial charge in [-0.25, -0.2) is 0 Å². The molecule has 0 spiro atoms. The van der Waals surface area contributed by atoms with E-state index in [-0.39, 0.29) is 5.91 Å². The van der Waals surface area contributed by atoms with Gasteiger partial charge in [0.2, 0.25) is 0 Å². The molecule has 3 rings (SSSR count). The molecular weight excluding hydrogens is 310 g/mol. The minimum absolute atomic E-state index is 0.0429. The van der Waals surface area contributed by atoms with Gasteiger partial charge in [-0.1, -0.05) is 18.2 Å². The van der Waals surface area contributed by atoms with E-state index in [2.05, 4.69) is 6.07 Å². The number of amides is 1. The molecule has 2 aromatic carbocycles. The summed E-state index contributed by atoms with van der Waals surface area (Å²) in [7, 11) is 0. The summed E-state index contributed by atoms with van der Waals surface area (Å²) in [5, 5.41) is 16.3. The van der Waals surface area contributed by atoms with Gasteiger partial charge in [-0.3, -0.25) is 4.79 Å². The second kappa shape index (κ2) is 7.31. The van der Waals surface area contributed by atoms with Crippen LogP contribution in [-0.4, -0.2) is 30.1 Å². The second-order valence-corrected chi connectivity index (χ2v) is 6.52. The highest BCUT2D eigenvalue weighted by Gasteiger charge is 2.24. The molecule has 0 bridgehead atoms. The Kier molecular flexibility index (Phi) is 4.95. The zero-order chi connectivity index (χ0) is 17.8. The van der Waals surface area contributed by atoms with Crippen molar-refractivity contribution in [2.24, 2.45) is 0 Å². The van der Waals surface area contributed by atoms with Gasteiger partial charge in [-0.2, -0.15) is 5.26 Å². The highest BCUT2D eigenvalue weighted by atomic mass is 16.2. The van der Waals surface area contributed by atoms with Gasteiger partial charge in [-0.15, -0.1) is 0 Å². The molecule has 1 N–H and O–H groups in total. The lowest BCUT2D eigenvalue weighted by Crippen LogP contribution is -2.38. The lowest BCUT2D eigenvalue weighted by atomic mass is 9.89. The van der Waals surface area contributed by atoms with Crippen LogP contribution in [0.2, 0.25) is 0 Å². The van der Waals surface area contributed by atoms with Crippen LogP contribution in [0.25, 0.3) is 0 Å². The fourth-order valence-electron chi connectivity index (χ4n) is 3.36. The van der Waals surface area contributed by atoms with E-state index in [1.54, 1.807) is 6.07 Å². The summed E-state index contributed by atoms with van der Waals surface area (Å²) in [4.78, 5) is 14.6. The summed E-state index contributed by atoms with van der Waals surface area (Å²) in [6, 6.07) is 15.5. The van der Waals surface area contributed by atoms with Gasteiger partial charge in [0.1, 0.15) is 0 Å². The summed E-state index contributed by atoms with van der Waals surface area (Å²) < 4.78 is 0. The van der Waals surface area contributed by atoms with Crippen molar-refractivity contribution in [3.8, 4) is 6.07 Å². The van der Waals surface area contributed by atoms with Crippen molar-refractivity contribution in [3.63, 3.8) is 0 Å². The molecule has 2 aromatic rings. The van der Waals surface area contributed by atoms with Crippen molar-refractivity contribution in [2.45, 2.75) is 25.7 Å². The number of hydrogen-bond donors (Lipinski definition) is 1. The van der Waals surface area contributed by atoms with Gasteiger partial charge in [0.15, 0.2) is 0 Å². The Morgan fingerprint density at radius 3 is 2.48 bits per heavy atom. The Morgan fingerprint density at radius 2 is 1.88 bits per heavy atom. The summed E-state index contributed by atoms with van der Waals surface area (Å²) in [5.74, 6) is 0.480. The van der Waals surface area contributed by atoms with E-state index in [9.17, 15) is 4.79 Å². The van der Waals surface area contributed by atoms with Crippen LogP contribution in [0.4, 0.5) is 0 Å². The average Bonchev–Trinajstić information content (AvgIpc) is 2.68. The van der Waals surface area contributed by atoms with E-state index in [0.29, 0.717) is 17.0 Å². The zero-order valence-corrected chi connectivity index (χ0v) is 14.3. The summed E-state index contributed by atoms with van der Waals surface area (Å²) in [6.07, 6.45) is 3.16. The number of carbonyl (C=O) groups is 1. The number of aryl methyl sites for hydroxylation is 1. The van der Waals surface area contributed by atoms with Gasteiger partial charge in [0.05, 0.1) is 11.6 Å². The molecule has 25 heavy (non-hydrogen) atoms. The van der Waals surface area contributed by atoms with Crippen LogP contribution in [0, 0.1) is 23.7 Å². The molecule has 1 heterocycles. The molecule has 1 amide bonds. The van der Waals surface area contributed by atoms with Crippen molar-refractivity contribution < 1.29 is 4.79 Å². The number of piperidine rings is 1. The first-order chi connectivity index (χ1) is 12.1. The summed E-state index contributed by atoms with van der Waals surface area (Å²) in [6.45, 7) is 3.41. The number of nitrogens with one attached hydrogen (secondary N) is 1. The number of rotatable bonds is 3. The van der Waals surface area contributed by atoms with Crippen LogP contribution in [0.3, 0.4) is 0 Å². The normalized spacial score (nSPS) is 14.8. The Labute approximate surface area is 148 Å². The molecule has 0 atom stereocenters. The maximum Gasteiger partial charge on any atom is 0.253 e. The Morgan fingerprint density at radius 1 is 1.20 bits per heavy atom. The van der Waals surface area contributed by atoms with Crippen molar-refractivity contribution >= 4 is 12.1 Å². The molecule has 1 saturated heterocycles. The van der Waals surface area contributed by atoms with Gasteiger partial charge in [0.25, 0.3) is 5.91 Å². The van der Waals surface area contributed by atoms with Gasteiger partial charge in [0, 0.05) is 24.9 Å². The Bertz CT molecular complexity index is 825. The zero-order valence-electron chi connectivity index (χ0n) is 14.3. The molecule has 4 heteroatoms. The molecule has 1 fully saturated rings. The average molecular weight is 331 g/mol. The molecule has 0 aliphatic carbocycles. The third-order valence-electron chi connectivity index (χ3n) is 4.98. The molecular formula is C21H21N3O. The van der Waals surface area contributed by atoms with E-state index >= 15 is 0 Å². The summed E-state index contributed by atoms with van der Waals surface area (Å²) in [5.41, 5.74) is 4.37. The van der Waals surface area contributed by atoms with Crippen molar-refractivity contribution in [1.29, 1.82) is 10.7 Å². The Balaban J connectivity index is 1.66. The molecule has 0 radical (unpaired) electrons. The maximum atomic E-state index is 12.7. The number of nitrogens with zero attached hydrogens (tertiary/aromatic N) is 2. The van der Waals surface area contributed by atoms with Gasteiger partial charge in [-0.05, 0) is 66.6 Å². The first kappa shape index (κ1) is 16.9. The Hall–Kier alpha value is -2.93. The van der Waals surface area contributed by atoms with Crippen LogP contribution in [0.1, 0.15) is 51.4 Å². The van der Waals surface area contributed by atoms with Crippen LogP contribution in [0.5, 0.6) is 0 Å². The first-order valence-electron chi connectivity index (χ1n) is 8.53. The van der Waals surface area contributed by atoms with Crippen LogP contribution in [0.15, 0.2) is 42.5 Å². The van der Waals surface area contributed by atoms with Gasteiger partial charge < -0.3 is 10.3 Å². The SMILES string of the molecule is Cc1ccc(C(=O)N2CCC(c3ccc(C#N)cc3)CC2)cc1C=N. The van der Waals surface area contributed by atoms with Gasteiger partial charge >= 0.3 is 0 Å². The van der Waals surface area contributed by atoms with Crippen LogP contribution in [-0.2, 0) is 0 Å². The van der Waals surface area contributed by atoms with E-state index in [0.717, 1.165) is 37.1 Å². The maximum absolute atomic E-state index is 12.7. The lowest BCUT2D eigenvalue weighted by molar-refractivity contribution is 0.0713. The van der Waals surface area contributed by atoms with Crippen molar-refractivity contribution in [3.05, 3.63) is 70.3 Å². The number of nitriles is 1. The largest absolute Gasteiger partial charge is 0.339 e. The minimum atomic E-state index is 0.0429. The van der Waals surface area contributed by atoms with Crippen molar-refractivity contribution in [2.75, 3.05) is 13.1 Å². The predicted octanol–water partition coefficient (Wildman–Crippen LogP) is 3.88. The number of likely N-dealkylation sites (tertiary alicyclic amines) is 1. The van der Waals surface area contributed by atoms with E-state index in [4.69, 9.17) is 10.7 Å². The van der Waals surface area contributed by atoms with E-state index in [1.165, 1.54) is 11.8 Å². The number of carbonyl (C=O) groups excluding carboxylic acids is 1. The van der Waals surface area contributed by atoms with E-state index < -0.39 is 0 Å². The quantitative estimate of drug-likeness (QED) is 0.867. The fraction of sp³-hybridized carbons (Fsp3) is 0.286. The summed E-state index contributed by atoms with van der Waals surface area (Å²) >= 11 is 0. The molecule has 4 nitrogen and oxygen atoms in total. The molecule has 1 aliphatic rings. The standard InChI is InChI=1S/C21H21N3O/c1-15-2-5-19(12-20(15)14-23)21(25)24-10-8-18(9-11-24)17-6-3-16(13-22)4-7-17/h2-7,12,14,18,23H,8-11H2,1H3. The lowest BCUT2D eigenvalue weighted by Gasteiger charge is -2.32. The van der Waals surface area contributed by atoms with Crippen LogP contribution >= 0.6 is 0 Å². The predicted molar refractivity (Wildman–Crippen MR) is 98.1 cm³/mol. The number of hydrogen-bond acceptors (Lipinski definition) is 3. The highest BCUT2D eigenvalue weighted by Crippen LogP contribution is 2.29. The molecule has 0 unspecified atom stereocenters. The smallest absolute Gasteiger partial charge is 0.253 e. The molecule has 0 aromatic heterocycles. The topological polar surface area (TPSA) is 68.0 Å². The second-order valence-electron chi connectivity index (χ2n) is 6.52. The first-order valence-corrected chi connectivity index (χ1v) is 8.53. The monoisotopic (exact) mass is 331 g/mol. The third-order valence-corrected chi connectivity index (χ3v) is 4.98. The molecule has 0 saturated carbocycles. The van der Waals surface area contributed by atoms with E-state index in [1.807, 2.05) is 48.2 Å². The molecule has 1 aliphatic heterocycles. The minimum Gasteiger partial charge on any atom is -0.339 e. The highest BCUT2D eigenvalue weighted by molar-refractivity contribution is 5.96. The third kappa shape index (κ3) is 3.61. The number of benzene rings is 2. The fourth-order valence-corrected chi connectivity index (χ4v) is 3.36. The van der Waals surface area contributed by atoms with Crippen molar-refractivity contribution in [1.82, 2.24) is 4.90 Å². The van der Waals surface area contributed by atoms with Crippen LogP contribution < -0.4 is 0 Å².